The first-order valence-electron chi connectivity index (χ1n) is 11.9. The first-order chi connectivity index (χ1) is 16.1. The molecule has 1 atom stereocenters. The molecule has 0 aromatic heterocycles. The molecule has 0 spiro atoms. The monoisotopic (exact) mass is 453 g/mol. The van der Waals surface area contributed by atoms with E-state index in [-0.39, 0.29) is 24.1 Å². The molecule has 2 aliphatic rings. The molecule has 0 radical (unpaired) electrons. The van der Waals surface area contributed by atoms with Crippen LogP contribution in [0, 0.1) is 5.82 Å². The average molecular weight is 454 g/mol. The van der Waals surface area contributed by atoms with Gasteiger partial charge in [-0.15, -0.1) is 0 Å². The van der Waals surface area contributed by atoms with Crippen LogP contribution in [0.5, 0.6) is 5.75 Å². The number of anilines is 2. The van der Waals surface area contributed by atoms with Crippen LogP contribution in [0.1, 0.15) is 39.0 Å². The number of benzene rings is 2. The maximum absolute atomic E-state index is 14.1. The van der Waals surface area contributed by atoms with Crippen molar-refractivity contribution in [1.29, 1.82) is 0 Å². The van der Waals surface area contributed by atoms with Gasteiger partial charge in [0, 0.05) is 26.2 Å². The van der Waals surface area contributed by atoms with E-state index in [4.69, 9.17) is 4.74 Å². The summed E-state index contributed by atoms with van der Waals surface area (Å²) < 4.78 is 19.9. The fourth-order valence-electron chi connectivity index (χ4n) is 4.57. The number of carbonyl (C=O) groups excluding carboxylic acids is 2. The molecule has 2 amide bonds. The van der Waals surface area contributed by atoms with Crippen LogP contribution in [-0.2, 0) is 9.59 Å². The van der Waals surface area contributed by atoms with Crippen LogP contribution in [0.15, 0.2) is 48.5 Å². The van der Waals surface area contributed by atoms with Crippen molar-refractivity contribution in [3.63, 3.8) is 0 Å². The van der Waals surface area contributed by atoms with Gasteiger partial charge in [0.05, 0.1) is 30.4 Å². The van der Waals surface area contributed by atoms with E-state index in [9.17, 15) is 14.0 Å². The predicted molar refractivity (Wildman–Crippen MR) is 127 cm³/mol. The van der Waals surface area contributed by atoms with Gasteiger partial charge in [-0.25, -0.2) is 9.29 Å². The number of hydrogen-bond acceptors (Lipinski definition) is 5. The summed E-state index contributed by atoms with van der Waals surface area (Å²) in [6.45, 7) is 5.29. The highest BCUT2D eigenvalue weighted by Crippen LogP contribution is 2.29. The third-order valence-corrected chi connectivity index (χ3v) is 6.43. The SMILES string of the molecule is CCCCCCOc1ccc(N2C(=O)C[C@@H](N3CCN(c4ccccc4F)CC3)C2=O)cc1. The molecule has 2 saturated heterocycles. The van der Waals surface area contributed by atoms with Gasteiger partial charge in [-0.3, -0.25) is 14.5 Å². The van der Waals surface area contributed by atoms with Gasteiger partial charge >= 0.3 is 0 Å². The third-order valence-electron chi connectivity index (χ3n) is 6.43. The number of ether oxygens (including phenoxy) is 1. The Kier molecular flexibility index (Phi) is 7.60. The molecule has 0 aliphatic carbocycles. The molecule has 2 aliphatic heterocycles. The molecule has 0 N–H and O–H groups in total. The second-order valence-corrected chi connectivity index (χ2v) is 8.66. The van der Waals surface area contributed by atoms with E-state index in [1.807, 2.05) is 28.0 Å². The number of amides is 2. The summed E-state index contributed by atoms with van der Waals surface area (Å²) in [5.74, 6) is 0.134. The highest BCUT2D eigenvalue weighted by molar-refractivity contribution is 6.22. The van der Waals surface area contributed by atoms with Crippen LogP contribution in [0.2, 0.25) is 0 Å². The number of imide groups is 1. The lowest BCUT2D eigenvalue weighted by molar-refractivity contribution is -0.123. The van der Waals surface area contributed by atoms with Gasteiger partial charge in [0.2, 0.25) is 5.91 Å². The molecular weight excluding hydrogens is 421 g/mol. The fraction of sp³-hybridized carbons (Fsp3) is 0.462. The van der Waals surface area contributed by atoms with E-state index in [1.165, 1.54) is 23.8 Å². The molecule has 7 heteroatoms. The zero-order valence-electron chi connectivity index (χ0n) is 19.2. The predicted octanol–water partition coefficient (Wildman–Crippen LogP) is 4.24. The van der Waals surface area contributed by atoms with E-state index >= 15 is 0 Å². The maximum atomic E-state index is 14.1. The minimum absolute atomic E-state index is 0.175. The van der Waals surface area contributed by atoms with Gasteiger partial charge in [-0.05, 0) is 42.8 Å². The lowest BCUT2D eigenvalue weighted by Crippen LogP contribution is -2.52. The van der Waals surface area contributed by atoms with Gasteiger partial charge in [0.1, 0.15) is 11.6 Å². The Balaban J connectivity index is 1.33. The van der Waals surface area contributed by atoms with Crippen molar-refractivity contribution in [2.75, 3.05) is 42.6 Å². The lowest BCUT2D eigenvalue weighted by atomic mass is 10.1. The largest absolute Gasteiger partial charge is 0.494 e. The Bertz CT molecular complexity index is 958. The van der Waals surface area contributed by atoms with Crippen LogP contribution in [0.4, 0.5) is 15.8 Å². The first kappa shape index (κ1) is 23.2. The molecular formula is C26H32FN3O3. The molecule has 0 saturated carbocycles. The van der Waals surface area contributed by atoms with Gasteiger partial charge < -0.3 is 9.64 Å². The van der Waals surface area contributed by atoms with Crippen LogP contribution in [-0.4, -0.2) is 55.5 Å². The number of nitrogens with zero attached hydrogens (tertiary/aromatic N) is 3. The molecule has 0 unspecified atom stereocenters. The molecule has 33 heavy (non-hydrogen) atoms. The maximum Gasteiger partial charge on any atom is 0.251 e. The fourth-order valence-corrected chi connectivity index (χ4v) is 4.57. The number of halogens is 1. The van der Waals surface area contributed by atoms with Crippen LogP contribution >= 0.6 is 0 Å². The number of carbonyl (C=O) groups is 2. The number of rotatable bonds is 9. The van der Waals surface area contributed by atoms with E-state index in [2.05, 4.69) is 6.92 Å². The van der Waals surface area contributed by atoms with Gasteiger partial charge in [0.25, 0.3) is 5.91 Å². The summed E-state index contributed by atoms with van der Waals surface area (Å²) in [4.78, 5) is 31.2. The molecule has 6 nitrogen and oxygen atoms in total. The van der Waals surface area contributed by atoms with Crippen LogP contribution in [0.3, 0.4) is 0 Å². The summed E-state index contributed by atoms with van der Waals surface area (Å²) in [5, 5.41) is 0. The number of piperazine rings is 1. The smallest absolute Gasteiger partial charge is 0.251 e. The normalized spacial score (nSPS) is 19.4. The Morgan fingerprint density at radius 2 is 1.67 bits per heavy atom. The van der Waals surface area contributed by atoms with Crippen molar-refractivity contribution in [1.82, 2.24) is 4.90 Å². The lowest BCUT2D eigenvalue weighted by Gasteiger charge is -2.38. The van der Waals surface area contributed by atoms with Crippen molar-refractivity contribution in [3.05, 3.63) is 54.3 Å². The van der Waals surface area contributed by atoms with Gasteiger partial charge in [-0.2, -0.15) is 0 Å². The summed E-state index contributed by atoms with van der Waals surface area (Å²) >= 11 is 0. The number of hydrogen-bond donors (Lipinski definition) is 0. The minimum atomic E-state index is -0.463. The van der Waals surface area contributed by atoms with E-state index in [1.54, 1.807) is 24.3 Å². The van der Waals surface area contributed by atoms with Crippen molar-refractivity contribution in [2.24, 2.45) is 0 Å². The topological polar surface area (TPSA) is 53.1 Å². The van der Waals surface area contributed by atoms with Gasteiger partial charge in [0.15, 0.2) is 0 Å². The Morgan fingerprint density at radius 1 is 0.939 bits per heavy atom. The van der Waals surface area contributed by atoms with Crippen molar-refractivity contribution >= 4 is 23.2 Å². The second-order valence-electron chi connectivity index (χ2n) is 8.66. The van der Waals surface area contributed by atoms with E-state index in [0.29, 0.717) is 44.2 Å². The zero-order chi connectivity index (χ0) is 23.2. The minimum Gasteiger partial charge on any atom is -0.494 e. The summed E-state index contributed by atoms with van der Waals surface area (Å²) in [5.41, 5.74) is 1.16. The Morgan fingerprint density at radius 3 is 2.36 bits per heavy atom. The standard InChI is InChI=1S/C26H32FN3O3/c1-2-3-4-7-18-33-21-12-10-20(11-13-21)30-25(31)19-24(26(30)32)29-16-14-28(15-17-29)23-9-6-5-8-22(23)27/h5-6,8-13,24H,2-4,7,14-19H2,1H3/t24-/m1/s1. The quantitative estimate of drug-likeness (QED) is 0.420. The van der Waals surface area contributed by atoms with Crippen LogP contribution < -0.4 is 14.5 Å². The summed E-state index contributed by atoms with van der Waals surface area (Å²) in [7, 11) is 0. The second kappa shape index (κ2) is 10.8. The molecule has 2 heterocycles. The Labute approximate surface area is 194 Å². The highest BCUT2D eigenvalue weighted by atomic mass is 19.1. The van der Waals surface area contributed by atoms with Gasteiger partial charge in [-0.1, -0.05) is 38.3 Å². The number of unbranched alkanes of at least 4 members (excludes halogenated alkanes) is 3. The molecule has 2 aromatic rings. The molecule has 4 rings (SSSR count). The summed E-state index contributed by atoms with van der Waals surface area (Å²) in [6, 6.07) is 13.5. The molecule has 2 aromatic carbocycles. The van der Waals surface area contributed by atoms with Crippen LogP contribution in [0.25, 0.3) is 0 Å². The average Bonchev–Trinajstić information content (AvgIpc) is 3.13. The van der Waals surface area contributed by atoms with Crippen molar-refractivity contribution < 1.29 is 18.7 Å². The first-order valence-corrected chi connectivity index (χ1v) is 11.9. The Hall–Kier alpha value is -2.93. The van der Waals surface area contributed by atoms with E-state index < -0.39 is 6.04 Å². The van der Waals surface area contributed by atoms with E-state index in [0.717, 1.165) is 18.6 Å². The van der Waals surface area contributed by atoms with Crippen molar-refractivity contribution in [2.45, 2.75) is 45.1 Å². The number of para-hydroxylation sites is 1. The molecule has 0 bridgehead atoms. The summed E-state index contributed by atoms with van der Waals surface area (Å²) in [6.07, 6.45) is 4.75. The molecule has 2 fully saturated rings. The molecule has 176 valence electrons. The highest BCUT2D eigenvalue weighted by Gasteiger charge is 2.43. The third kappa shape index (κ3) is 5.36. The van der Waals surface area contributed by atoms with Crippen molar-refractivity contribution in [3.8, 4) is 5.75 Å². The zero-order valence-corrected chi connectivity index (χ0v) is 19.2.